The summed E-state index contributed by atoms with van der Waals surface area (Å²) in [5.74, 6) is 2.42. The molecule has 0 radical (unpaired) electrons. The van der Waals surface area contributed by atoms with Crippen LogP contribution < -0.4 is 10.6 Å². The van der Waals surface area contributed by atoms with Crippen LogP contribution in [0, 0.1) is 11.3 Å². The van der Waals surface area contributed by atoms with Crippen LogP contribution in [-0.2, 0) is 9.53 Å². The molecule has 2 N–H and O–H groups in total. The lowest BCUT2D eigenvalue weighted by molar-refractivity contribution is -0.171. The van der Waals surface area contributed by atoms with E-state index in [4.69, 9.17) is 4.74 Å². The van der Waals surface area contributed by atoms with Gasteiger partial charge in [-0.2, -0.15) is 11.8 Å². The Bertz CT molecular complexity index is 499. The lowest BCUT2D eigenvalue weighted by Crippen LogP contribution is -2.72. The second-order valence-corrected chi connectivity index (χ2v) is 8.31. The Morgan fingerprint density at radius 1 is 1.40 bits per heavy atom. The summed E-state index contributed by atoms with van der Waals surface area (Å²) in [6.45, 7) is 1.93. The SMILES string of the molecule is CSCCNC(=NCC(=O)N(C)C)NC1C2CCOC2C12CCC2.I. The van der Waals surface area contributed by atoms with Gasteiger partial charge in [-0.05, 0) is 25.5 Å². The fraction of sp³-hybridized carbons (Fsp3) is 0.882. The molecule has 25 heavy (non-hydrogen) atoms. The molecule has 0 bridgehead atoms. The molecule has 2 aliphatic carbocycles. The molecule has 2 saturated carbocycles. The second-order valence-electron chi connectivity index (χ2n) is 7.33. The largest absolute Gasteiger partial charge is 0.377 e. The fourth-order valence-electron chi connectivity index (χ4n) is 4.32. The Balaban J connectivity index is 0.00000225. The number of rotatable bonds is 6. The number of amides is 1. The monoisotopic (exact) mass is 482 g/mol. The second kappa shape index (κ2) is 9.12. The highest BCUT2D eigenvalue weighted by molar-refractivity contribution is 14.0. The third-order valence-corrected chi connectivity index (χ3v) is 6.41. The Morgan fingerprint density at radius 3 is 2.76 bits per heavy atom. The van der Waals surface area contributed by atoms with Crippen molar-refractivity contribution in [2.45, 2.75) is 37.8 Å². The number of nitrogens with one attached hydrogen (secondary N) is 2. The number of hydrogen-bond donors (Lipinski definition) is 2. The van der Waals surface area contributed by atoms with Crippen LogP contribution in [0.2, 0.25) is 0 Å². The van der Waals surface area contributed by atoms with Gasteiger partial charge in [0.05, 0.1) is 6.10 Å². The lowest BCUT2D eigenvalue weighted by atomic mass is 9.46. The summed E-state index contributed by atoms with van der Waals surface area (Å²) in [6, 6.07) is 0.439. The van der Waals surface area contributed by atoms with Crippen molar-refractivity contribution in [1.82, 2.24) is 15.5 Å². The van der Waals surface area contributed by atoms with Crippen LogP contribution in [0.5, 0.6) is 0 Å². The summed E-state index contributed by atoms with van der Waals surface area (Å²) in [5.41, 5.74) is 0.314. The molecular formula is C17H31IN4O2S. The zero-order valence-electron chi connectivity index (χ0n) is 15.4. The van der Waals surface area contributed by atoms with Crippen molar-refractivity contribution in [3.63, 3.8) is 0 Å². The highest BCUT2D eigenvalue weighted by Gasteiger charge is 2.66. The van der Waals surface area contributed by atoms with E-state index in [2.05, 4.69) is 21.9 Å². The Labute approximate surface area is 172 Å². The predicted octanol–water partition coefficient (Wildman–Crippen LogP) is 1.55. The maximum atomic E-state index is 11.9. The summed E-state index contributed by atoms with van der Waals surface area (Å²) in [5, 5.41) is 7.04. The number of ether oxygens (including phenoxy) is 1. The van der Waals surface area contributed by atoms with Crippen molar-refractivity contribution >= 4 is 47.6 Å². The molecule has 0 aromatic carbocycles. The van der Waals surface area contributed by atoms with Crippen LogP contribution in [0.1, 0.15) is 25.7 Å². The van der Waals surface area contributed by atoms with Crippen LogP contribution >= 0.6 is 35.7 Å². The molecule has 144 valence electrons. The zero-order chi connectivity index (χ0) is 17.2. The van der Waals surface area contributed by atoms with Gasteiger partial charge in [0.25, 0.3) is 0 Å². The number of likely N-dealkylation sites (N-methyl/N-ethyl adjacent to an activating group) is 1. The van der Waals surface area contributed by atoms with E-state index in [-0.39, 0.29) is 36.4 Å². The van der Waals surface area contributed by atoms with Gasteiger partial charge < -0.3 is 20.3 Å². The van der Waals surface area contributed by atoms with Crippen LogP contribution in [0.3, 0.4) is 0 Å². The number of carbonyl (C=O) groups is 1. The molecule has 8 heteroatoms. The molecule has 3 unspecified atom stereocenters. The summed E-state index contributed by atoms with van der Waals surface area (Å²) in [4.78, 5) is 18.0. The lowest BCUT2D eigenvalue weighted by Gasteiger charge is -2.63. The van der Waals surface area contributed by atoms with Crippen molar-refractivity contribution in [3.8, 4) is 0 Å². The number of aliphatic imine (C=N–C) groups is 1. The number of guanidine groups is 1. The highest BCUT2D eigenvalue weighted by atomic mass is 127. The fourth-order valence-corrected chi connectivity index (χ4v) is 4.62. The van der Waals surface area contributed by atoms with E-state index >= 15 is 0 Å². The normalized spacial score (nSPS) is 29.1. The smallest absolute Gasteiger partial charge is 0.243 e. The van der Waals surface area contributed by atoms with Gasteiger partial charge in [0, 0.05) is 50.4 Å². The zero-order valence-corrected chi connectivity index (χ0v) is 18.6. The van der Waals surface area contributed by atoms with Crippen LogP contribution in [0.15, 0.2) is 4.99 Å². The summed E-state index contributed by atoms with van der Waals surface area (Å²) in [6.07, 6.45) is 7.48. The highest BCUT2D eigenvalue weighted by Crippen LogP contribution is 2.62. The molecule has 3 aliphatic rings. The first-order valence-electron chi connectivity index (χ1n) is 8.94. The van der Waals surface area contributed by atoms with Gasteiger partial charge in [-0.25, -0.2) is 4.99 Å². The molecule has 1 aliphatic heterocycles. The average Bonchev–Trinajstić information content (AvgIpc) is 2.92. The Kier molecular flexibility index (Phi) is 7.69. The van der Waals surface area contributed by atoms with Crippen molar-refractivity contribution in [2.24, 2.45) is 16.3 Å². The van der Waals surface area contributed by atoms with E-state index in [1.54, 1.807) is 30.8 Å². The number of carbonyl (C=O) groups excluding carboxylic acids is 1. The molecule has 1 amide bonds. The number of halogens is 1. The molecule has 6 nitrogen and oxygen atoms in total. The van der Waals surface area contributed by atoms with Crippen LogP contribution in [-0.4, -0.2) is 74.7 Å². The van der Waals surface area contributed by atoms with Crippen molar-refractivity contribution in [3.05, 3.63) is 0 Å². The van der Waals surface area contributed by atoms with Gasteiger partial charge >= 0.3 is 0 Å². The minimum absolute atomic E-state index is 0. The maximum absolute atomic E-state index is 11.9. The summed E-state index contributed by atoms with van der Waals surface area (Å²) < 4.78 is 5.99. The van der Waals surface area contributed by atoms with Crippen molar-refractivity contribution < 1.29 is 9.53 Å². The first kappa shape index (κ1) is 21.1. The van der Waals surface area contributed by atoms with E-state index in [0.29, 0.717) is 23.5 Å². The topological polar surface area (TPSA) is 66.0 Å². The third-order valence-electron chi connectivity index (χ3n) is 5.80. The molecular weight excluding hydrogens is 451 g/mol. The van der Waals surface area contributed by atoms with Gasteiger partial charge in [-0.1, -0.05) is 6.42 Å². The van der Waals surface area contributed by atoms with E-state index in [9.17, 15) is 4.79 Å². The molecule has 1 spiro atoms. The van der Waals surface area contributed by atoms with Crippen LogP contribution in [0.4, 0.5) is 0 Å². The molecule has 3 atom stereocenters. The number of hydrogen-bond acceptors (Lipinski definition) is 4. The molecule has 1 heterocycles. The van der Waals surface area contributed by atoms with E-state index in [1.807, 2.05) is 0 Å². The molecule has 0 aromatic rings. The van der Waals surface area contributed by atoms with Gasteiger partial charge in [0.1, 0.15) is 6.54 Å². The van der Waals surface area contributed by atoms with Crippen LogP contribution in [0.25, 0.3) is 0 Å². The Hall–Kier alpha value is -0.220. The van der Waals surface area contributed by atoms with Gasteiger partial charge in [0.2, 0.25) is 5.91 Å². The minimum atomic E-state index is 0. The first-order chi connectivity index (χ1) is 11.6. The predicted molar refractivity (Wildman–Crippen MR) is 114 cm³/mol. The standard InChI is InChI=1S/C17H30N4O2S.HI/c1-21(2)13(22)11-19-16(18-8-10-24-3)20-14-12-5-9-23-15(12)17(14)6-4-7-17;/h12,14-15H,4-11H2,1-3H3,(H2,18,19,20);1H. The quantitative estimate of drug-likeness (QED) is 0.260. The molecule has 1 saturated heterocycles. The molecule has 3 rings (SSSR count). The van der Waals surface area contributed by atoms with Gasteiger partial charge in [-0.15, -0.1) is 24.0 Å². The average molecular weight is 482 g/mol. The molecule has 3 fully saturated rings. The van der Waals surface area contributed by atoms with E-state index in [1.165, 1.54) is 19.3 Å². The summed E-state index contributed by atoms with van der Waals surface area (Å²) >= 11 is 1.80. The number of thioether (sulfide) groups is 1. The van der Waals surface area contributed by atoms with Crippen molar-refractivity contribution in [2.75, 3.05) is 45.8 Å². The third kappa shape index (κ3) is 4.21. The first-order valence-corrected chi connectivity index (χ1v) is 10.3. The number of nitrogens with zero attached hydrogens (tertiary/aromatic N) is 2. The Morgan fingerprint density at radius 2 is 2.16 bits per heavy atom. The number of fused-ring (bicyclic) bond motifs is 2. The minimum Gasteiger partial charge on any atom is -0.377 e. The van der Waals surface area contributed by atoms with E-state index in [0.717, 1.165) is 31.3 Å². The van der Waals surface area contributed by atoms with Gasteiger partial charge in [-0.3, -0.25) is 4.79 Å². The van der Waals surface area contributed by atoms with Crippen molar-refractivity contribution in [1.29, 1.82) is 0 Å². The van der Waals surface area contributed by atoms with Gasteiger partial charge in [0.15, 0.2) is 5.96 Å². The molecule has 0 aromatic heterocycles. The maximum Gasteiger partial charge on any atom is 0.243 e. The summed E-state index contributed by atoms with van der Waals surface area (Å²) in [7, 11) is 3.53. The van der Waals surface area contributed by atoms with E-state index < -0.39 is 0 Å².